The first kappa shape index (κ1) is 12.9. The van der Waals surface area contributed by atoms with E-state index in [0.29, 0.717) is 6.54 Å². The number of likely N-dealkylation sites (N-methyl/N-ethyl adjacent to an activating group) is 1. The van der Waals surface area contributed by atoms with Crippen molar-refractivity contribution < 1.29 is 9.47 Å². The number of ether oxygens (including phenoxy) is 2. The second kappa shape index (κ2) is 6.43. The van der Waals surface area contributed by atoms with Crippen LogP contribution in [-0.2, 0) is 9.47 Å². The Hall–Kier alpha value is -0.160. The van der Waals surface area contributed by atoms with Gasteiger partial charge in [0.25, 0.3) is 0 Å². The van der Waals surface area contributed by atoms with E-state index in [1.54, 1.807) is 7.11 Å². The number of rotatable bonds is 6. The quantitative estimate of drug-likeness (QED) is 0.694. The second-order valence-corrected chi connectivity index (χ2v) is 4.59. The van der Waals surface area contributed by atoms with Gasteiger partial charge in [0.15, 0.2) is 0 Å². The molecule has 0 aromatic heterocycles. The Labute approximate surface area is 92.7 Å². The van der Waals surface area contributed by atoms with E-state index in [4.69, 9.17) is 15.2 Å². The Morgan fingerprint density at radius 2 is 2.33 bits per heavy atom. The van der Waals surface area contributed by atoms with Crippen LogP contribution < -0.4 is 5.73 Å². The van der Waals surface area contributed by atoms with Gasteiger partial charge < -0.3 is 20.1 Å². The average Bonchev–Trinajstić information content (AvgIpc) is 2.27. The maximum Gasteiger partial charge on any atom is 0.0589 e. The predicted octanol–water partition coefficient (Wildman–Crippen LogP) is 0.320. The average molecular weight is 216 g/mol. The van der Waals surface area contributed by atoms with Crippen LogP contribution >= 0.6 is 0 Å². The lowest BCUT2D eigenvalue weighted by molar-refractivity contribution is -0.0204. The van der Waals surface area contributed by atoms with Gasteiger partial charge in [0.1, 0.15) is 0 Å². The Morgan fingerprint density at radius 3 is 2.87 bits per heavy atom. The monoisotopic (exact) mass is 216 g/mol. The fourth-order valence-corrected chi connectivity index (χ4v) is 2.16. The molecule has 0 radical (unpaired) electrons. The Morgan fingerprint density at radius 1 is 1.53 bits per heavy atom. The number of nitrogens with zero attached hydrogens (tertiary/aromatic N) is 1. The second-order valence-electron chi connectivity index (χ2n) is 4.59. The molecule has 2 N–H and O–H groups in total. The van der Waals surface area contributed by atoms with Crippen molar-refractivity contribution in [3.05, 3.63) is 0 Å². The molecule has 1 saturated heterocycles. The lowest BCUT2D eigenvalue weighted by atomic mass is 9.82. The van der Waals surface area contributed by atoms with E-state index in [1.807, 2.05) is 0 Å². The van der Waals surface area contributed by atoms with E-state index in [9.17, 15) is 0 Å². The van der Waals surface area contributed by atoms with Crippen LogP contribution in [0.1, 0.15) is 12.8 Å². The molecule has 0 aromatic rings. The van der Waals surface area contributed by atoms with E-state index in [0.717, 1.165) is 39.3 Å². The zero-order valence-corrected chi connectivity index (χ0v) is 10.00. The predicted molar refractivity (Wildman–Crippen MR) is 60.9 cm³/mol. The van der Waals surface area contributed by atoms with Crippen LogP contribution in [-0.4, -0.2) is 58.5 Å². The minimum Gasteiger partial charge on any atom is -0.383 e. The van der Waals surface area contributed by atoms with E-state index in [-0.39, 0.29) is 5.41 Å². The summed E-state index contributed by atoms with van der Waals surface area (Å²) >= 11 is 0. The molecule has 1 unspecified atom stereocenters. The molecule has 1 atom stereocenters. The molecule has 4 nitrogen and oxygen atoms in total. The highest BCUT2D eigenvalue weighted by Crippen LogP contribution is 2.28. The normalized spacial score (nSPS) is 27.2. The molecule has 0 bridgehead atoms. The molecule has 1 aliphatic rings. The SMILES string of the molecule is COCCN(C)CC1(CN)CCCOC1. The summed E-state index contributed by atoms with van der Waals surface area (Å²) in [6, 6.07) is 0. The van der Waals surface area contributed by atoms with Crippen LogP contribution in [0.25, 0.3) is 0 Å². The lowest BCUT2D eigenvalue weighted by Crippen LogP contribution is -2.47. The number of nitrogens with two attached hydrogens (primary N) is 1. The lowest BCUT2D eigenvalue weighted by Gasteiger charge is -2.38. The standard InChI is InChI=1S/C11H24N2O2/c1-13(5-7-14-2)9-11(8-12)4-3-6-15-10-11/h3-10,12H2,1-2H3. The van der Waals surface area contributed by atoms with Crippen LogP contribution in [0.2, 0.25) is 0 Å². The molecule has 1 rings (SSSR count). The summed E-state index contributed by atoms with van der Waals surface area (Å²) in [6.45, 7) is 5.15. The summed E-state index contributed by atoms with van der Waals surface area (Å²) in [4.78, 5) is 2.28. The van der Waals surface area contributed by atoms with E-state index in [2.05, 4.69) is 11.9 Å². The molecular weight excluding hydrogens is 192 g/mol. The first-order chi connectivity index (χ1) is 7.22. The van der Waals surface area contributed by atoms with Crippen molar-refractivity contribution in [1.29, 1.82) is 0 Å². The number of methoxy groups -OCH3 is 1. The minimum atomic E-state index is 0.167. The van der Waals surface area contributed by atoms with Gasteiger partial charge in [-0.15, -0.1) is 0 Å². The highest BCUT2D eigenvalue weighted by molar-refractivity contribution is 4.85. The van der Waals surface area contributed by atoms with E-state index >= 15 is 0 Å². The Bertz CT molecular complexity index is 170. The molecule has 1 heterocycles. The summed E-state index contributed by atoms with van der Waals surface area (Å²) in [6.07, 6.45) is 2.32. The first-order valence-corrected chi connectivity index (χ1v) is 5.68. The van der Waals surface area contributed by atoms with Crippen molar-refractivity contribution in [2.75, 3.05) is 53.6 Å². The van der Waals surface area contributed by atoms with Gasteiger partial charge in [-0.3, -0.25) is 0 Å². The molecule has 0 aromatic carbocycles. The van der Waals surface area contributed by atoms with Crippen LogP contribution in [0.3, 0.4) is 0 Å². The largest absolute Gasteiger partial charge is 0.383 e. The molecule has 90 valence electrons. The molecule has 0 spiro atoms. The summed E-state index contributed by atoms with van der Waals surface area (Å²) < 4.78 is 10.6. The van der Waals surface area contributed by atoms with Gasteiger partial charge in [0.05, 0.1) is 13.2 Å². The topological polar surface area (TPSA) is 47.7 Å². The summed E-state index contributed by atoms with van der Waals surface area (Å²) in [5, 5.41) is 0. The van der Waals surface area contributed by atoms with Crippen molar-refractivity contribution in [3.63, 3.8) is 0 Å². The van der Waals surface area contributed by atoms with Crippen molar-refractivity contribution in [1.82, 2.24) is 4.90 Å². The maximum atomic E-state index is 5.88. The molecule has 0 aliphatic carbocycles. The van der Waals surface area contributed by atoms with Gasteiger partial charge in [-0.05, 0) is 19.9 Å². The first-order valence-electron chi connectivity index (χ1n) is 5.68. The van der Waals surface area contributed by atoms with Gasteiger partial charge in [0, 0.05) is 38.8 Å². The maximum absolute atomic E-state index is 5.88. The Balaban J connectivity index is 2.37. The van der Waals surface area contributed by atoms with Crippen molar-refractivity contribution in [2.45, 2.75) is 12.8 Å². The zero-order chi connectivity index (χ0) is 11.1. The zero-order valence-electron chi connectivity index (χ0n) is 10.00. The third kappa shape index (κ3) is 4.07. The van der Waals surface area contributed by atoms with Crippen molar-refractivity contribution >= 4 is 0 Å². The van der Waals surface area contributed by atoms with Gasteiger partial charge >= 0.3 is 0 Å². The molecule has 1 aliphatic heterocycles. The fraction of sp³-hybridized carbons (Fsp3) is 1.00. The van der Waals surface area contributed by atoms with Crippen LogP contribution in [0.4, 0.5) is 0 Å². The third-order valence-electron chi connectivity index (χ3n) is 3.12. The van der Waals surface area contributed by atoms with Gasteiger partial charge in [-0.1, -0.05) is 0 Å². The van der Waals surface area contributed by atoms with Gasteiger partial charge in [-0.2, -0.15) is 0 Å². The Kier molecular flexibility index (Phi) is 5.53. The minimum absolute atomic E-state index is 0.167. The third-order valence-corrected chi connectivity index (χ3v) is 3.12. The molecule has 0 saturated carbocycles. The number of hydrogen-bond acceptors (Lipinski definition) is 4. The highest BCUT2D eigenvalue weighted by atomic mass is 16.5. The number of hydrogen-bond donors (Lipinski definition) is 1. The van der Waals surface area contributed by atoms with Crippen LogP contribution in [0, 0.1) is 5.41 Å². The fourth-order valence-electron chi connectivity index (χ4n) is 2.16. The van der Waals surface area contributed by atoms with Crippen molar-refractivity contribution in [2.24, 2.45) is 11.1 Å². The molecule has 1 fully saturated rings. The highest BCUT2D eigenvalue weighted by Gasteiger charge is 2.32. The molecular formula is C11H24N2O2. The van der Waals surface area contributed by atoms with Gasteiger partial charge in [0.2, 0.25) is 0 Å². The van der Waals surface area contributed by atoms with Crippen LogP contribution in [0.15, 0.2) is 0 Å². The van der Waals surface area contributed by atoms with E-state index < -0.39 is 0 Å². The van der Waals surface area contributed by atoms with Crippen LogP contribution in [0.5, 0.6) is 0 Å². The molecule has 15 heavy (non-hydrogen) atoms. The molecule has 0 amide bonds. The summed E-state index contributed by atoms with van der Waals surface area (Å²) in [7, 11) is 3.85. The van der Waals surface area contributed by atoms with E-state index in [1.165, 1.54) is 6.42 Å². The molecule has 4 heteroatoms. The summed E-state index contributed by atoms with van der Waals surface area (Å²) in [5.74, 6) is 0. The smallest absolute Gasteiger partial charge is 0.0589 e. The van der Waals surface area contributed by atoms with Gasteiger partial charge in [-0.25, -0.2) is 0 Å². The van der Waals surface area contributed by atoms with Crippen molar-refractivity contribution in [3.8, 4) is 0 Å². The summed E-state index contributed by atoms with van der Waals surface area (Å²) in [5.41, 5.74) is 6.04.